The van der Waals surface area contributed by atoms with Crippen molar-refractivity contribution in [3.05, 3.63) is 29.3 Å². The fourth-order valence-electron chi connectivity index (χ4n) is 4.33. The van der Waals surface area contributed by atoms with Crippen molar-refractivity contribution < 1.29 is 33.5 Å². The van der Waals surface area contributed by atoms with Crippen LogP contribution in [0.5, 0.6) is 0 Å². The maximum absolute atomic E-state index is 13.1. The molecule has 4 rings (SSSR count). The summed E-state index contributed by atoms with van der Waals surface area (Å²) in [6.45, 7) is 0.676. The van der Waals surface area contributed by atoms with Crippen LogP contribution < -0.4 is 16.4 Å². The number of benzene rings is 1. The van der Waals surface area contributed by atoms with Gasteiger partial charge in [-0.25, -0.2) is 4.79 Å². The predicted octanol–water partition coefficient (Wildman–Crippen LogP) is -0.414. The van der Waals surface area contributed by atoms with E-state index in [-0.39, 0.29) is 42.5 Å². The van der Waals surface area contributed by atoms with Crippen molar-refractivity contribution in [2.45, 2.75) is 37.8 Å². The van der Waals surface area contributed by atoms with E-state index in [0.717, 1.165) is 4.90 Å². The number of nitrogens with one attached hydrogen (secondary N) is 2. The van der Waals surface area contributed by atoms with Crippen molar-refractivity contribution in [2.24, 2.45) is 5.73 Å². The maximum Gasteiger partial charge on any atom is 0.404 e. The minimum Gasteiger partial charge on any atom is -0.446 e. The number of rotatable bonds is 5. The standard InChI is InChI=1S/C21H23N5O7/c22-21(32)33-11-6-8-25(9-7-11)16(28)10-23-13-3-1-2-12-17(13)20(31)26(19(12)30)14-4-5-15(27)24-18(14)29/h1-3,11,14,23H,4-10H2,(H2,22,32)(H,24,27,29). The highest BCUT2D eigenvalue weighted by Gasteiger charge is 2.45. The first-order valence-electron chi connectivity index (χ1n) is 10.6. The predicted molar refractivity (Wildman–Crippen MR) is 112 cm³/mol. The summed E-state index contributed by atoms with van der Waals surface area (Å²) < 4.78 is 4.96. The van der Waals surface area contributed by atoms with E-state index in [1.807, 2.05) is 0 Å². The van der Waals surface area contributed by atoms with Crippen molar-refractivity contribution >= 4 is 41.3 Å². The van der Waals surface area contributed by atoms with Crippen molar-refractivity contribution in [3.63, 3.8) is 0 Å². The van der Waals surface area contributed by atoms with E-state index < -0.39 is 35.8 Å². The first-order chi connectivity index (χ1) is 15.8. The Kier molecular flexibility index (Phi) is 5.99. The largest absolute Gasteiger partial charge is 0.446 e. The van der Waals surface area contributed by atoms with Crippen LogP contribution in [0.25, 0.3) is 0 Å². The topological polar surface area (TPSA) is 168 Å². The minimum absolute atomic E-state index is 0.0323. The molecule has 174 valence electrons. The molecule has 6 amide bonds. The molecule has 0 aliphatic carbocycles. The van der Waals surface area contributed by atoms with Crippen LogP contribution in [0.4, 0.5) is 10.5 Å². The van der Waals surface area contributed by atoms with Gasteiger partial charge in [0.1, 0.15) is 12.1 Å². The Morgan fingerprint density at radius 1 is 1.09 bits per heavy atom. The highest BCUT2D eigenvalue weighted by atomic mass is 16.6. The molecule has 0 aromatic heterocycles. The molecular weight excluding hydrogens is 434 g/mol. The van der Waals surface area contributed by atoms with E-state index in [0.29, 0.717) is 31.6 Å². The number of likely N-dealkylation sites (tertiary alicyclic amines) is 1. The van der Waals surface area contributed by atoms with Crippen LogP contribution in [0.3, 0.4) is 0 Å². The number of hydrogen-bond acceptors (Lipinski definition) is 8. The Morgan fingerprint density at radius 2 is 1.82 bits per heavy atom. The molecule has 3 aliphatic rings. The summed E-state index contributed by atoms with van der Waals surface area (Å²) in [5.41, 5.74) is 5.55. The molecule has 0 saturated carbocycles. The molecule has 2 saturated heterocycles. The second-order valence-corrected chi connectivity index (χ2v) is 8.05. The summed E-state index contributed by atoms with van der Waals surface area (Å²) in [4.78, 5) is 75.5. The fourth-order valence-corrected chi connectivity index (χ4v) is 4.33. The third-order valence-corrected chi connectivity index (χ3v) is 5.98. The van der Waals surface area contributed by atoms with Gasteiger partial charge in [0.05, 0.1) is 17.7 Å². The van der Waals surface area contributed by atoms with Gasteiger partial charge < -0.3 is 20.7 Å². The van der Waals surface area contributed by atoms with E-state index in [1.54, 1.807) is 17.0 Å². The fraction of sp³-hybridized carbons (Fsp3) is 0.429. The van der Waals surface area contributed by atoms with Crippen LogP contribution in [0.15, 0.2) is 18.2 Å². The normalized spacial score (nSPS) is 21.0. The second kappa shape index (κ2) is 8.88. The van der Waals surface area contributed by atoms with Gasteiger partial charge in [-0.2, -0.15) is 0 Å². The number of anilines is 1. The van der Waals surface area contributed by atoms with E-state index in [1.165, 1.54) is 6.07 Å². The number of ether oxygens (including phenoxy) is 1. The lowest BCUT2D eigenvalue weighted by Crippen LogP contribution is -2.54. The van der Waals surface area contributed by atoms with Crippen molar-refractivity contribution in [1.29, 1.82) is 0 Å². The number of carbonyl (C=O) groups excluding carboxylic acids is 6. The van der Waals surface area contributed by atoms with Gasteiger partial charge in [-0.3, -0.25) is 34.2 Å². The first-order valence-corrected chi connectivity index (χ1v) is 10.6. The molecule has 0 radical (unpaired) electrons. The zero-order chi connectivity index (χ0) is 23.7. The smallest absolute Gasteiger partial charge is 0.404 e. The molecule has 1 aromatic carbocycles. The quantitative estimate of drug-likeness (QED) is 0.501. The summed E-state index contributed by atoms with van der Waals surface area (Å²) in [7, 11) is 0. The molecule has 3 aliphatic heterocycles. The Balaban J connectivity index is 1.42. The number of hydrogen-bond donors (Lipinski definition) is 3. The Hall–Kier alpha value is -3.96. The molecular formula is C21H23N5O7. The number of primary amides is 1. The van der Waals surface area contributed by atoms with Gasteiger partial charge in [-0.05, 0) is 18.6 Å². The third kappa shape index (κ3) is 4.36. The molecule has 1 aromatic rings. The summed E-state index contributed by atoms with van der Waals surface area (Å²) in [6, 6.07) is 3.58. The van der Waals surface area contributed by atoms with Gasteiger partial charge >= 0.3 is 6.09 Å². The van der Waals surface area contributed by atoms with E-state index in [4.69, 9.17) is 10.5 Å². The summed E-state index contributed by atoms with van der Waals surface area (Å²) in [5.74, 6) is -2.61. The lowest BCUT2D eigenvalue weighted by atomic mass is 10.0. The molecule has 33 heavy (non-hydrogen) atoms. The van der Waals surface area contributed by atoms with Crippen molar-refractivity contribution in [3.8, 4) is 0 Å². The molecule has 2 fully saturated rings. The highest BCUT2D eigenvalue weighted by Crippen LogP contribution is 2.32. The number of amides is 6. The first kappa shape index (κ1) is 22.2. The van der Waals surface area contributed by atoms with Gasteiger partial charge in [-0.15, -0.1) is 0 Å². The van der Waals surface area contributed by atoms with Crippen LogP contribution in [0.1, 0.15) is 46.4 Å². The van der Waals surface area contributed by atoms with Crippen LogP contribution in [-0.4, -0.2) is 77.2 Å². The highest BCUT2D eigenvalue weighted by molar-refractivity contribution is 6.25. The molecule has 4 N–H and O–H groups in total. The molecule has 12 nitrogen and oxygen atoms in total. The zero-order valence-electron chi connectivity index (χ0n) is 17.7. The number of piperidine rings is 2. The van der Waals surface area contributed by atoms with Crippen LogP contribution >= 0.6 is 0 Å². The molecule has 0 bridgehead atoms. The Morgan fingerprint density at radius 3 is 2.48 bits per heavy atom. The lowest BCUT2D eigenvalue weighted by molar-refractivity contribution is -0.136. The van der Waals surface area contributed by atoms with Crippen LogP contribution in [0.2, 0.25) is 0 Å². The molecule has 0 spiro atoms. The van der Waals surface area contributed by atoms with Crippen molar-refractivity contribution in [1.82, 2.24) is 15.1 Å². The number of imide groups is 2. The Bertz CT molecular complexity index is 1050. The third-order valence-electron chi connectivity index (χ3n) is 5.98. The number of carbonyl (C=O) groups is 6. The average molecular weight is 457 g/mol. The van der Waals surface area contributed by atoms with Crippen LogP contribution in [0, 0.1) is 0 Å². The van der Waals surface area contributed by atoms with Crippen molar-refractivity contribution in [2.75, 3.05) is 25.0 Å². The van der Waals surface area contributed by atoms with Gasteiger partial charge in [-0.1, -0.05) is 6.07 Å². The average Bonchev–Trinajstić information content (AvgIpc) is 3.03. The Labute approximate surface area is 188 Å². The lowest BCUT2D eigenvalue weighted by Gasteiger charge is -2.31. The van der Waals surface area contributed by atoms with Gasteiger partial charge in [0.15, 0.2) is 0 Å². The molecule has 1 unspecified atom stereocenters. The van der Waals surface area contributed by atoms with Gasteiger partial charge in [0.2, 0.25) is 17.7 Å². The molecule has 12 heteroatoms. The van der Waals surface area contributed by atoms with Gasteiger partial charge in [0.25, 0.3) is 11.8 Å². The molecule has 3 heterocycles. The van der Waals surface area contributed by atoms with Gasteiger partial charge in [0, 0.05) is 38.0 Å². The summed E-state index contributed by atoms with van der Waals surface area (Å²) in [5, 5.41) is 5.08. The maximum atomic E-state index is 13.1. The minimum atomic E-state index is -1.06. The van der Waals surface area contributed by atoms with E-state index >= 15 is 0 Å². The SMILES string of the molecule is NC(=O)OC1CCN(C(=O)CNc2cccc3c2C(=O)N(C2CCC(=O)NC2=O)C3=O)CC1. The van der Waals surface area contributed by atoms with E-state index in [2.05, 4.69) is 10.6 Å². The summed E-state index contributed by atoms with van der Waals surface area (Å²) in [6.07, 6.45) is -0.118. The number of fused-ring (bicyclic) bond motifs is 1. The molecule has 1 atom stereocenters. The number of nitrogens with zero attached hydrogens (tertiary/aromatic N) is 2. The summed E-state index contributed by atoms with van der Waals surface area (Å²) >= 11 is 0. The zero-order valence-corrected chi connectivity index (χ0v) is 17.7. The van der Waals surface area contributed by atoms with Crippen LogP contribution in [-0.2, 0) is 19.1 Å². The second-order valence-electron chi connectivity index (χ2n) is 8.05. The van der Waals surface area contributed by atoms with E-state index in [9.17, 15) is 28.8 Å². The monoisotopic (exact) mass is 457 g/mol. The number of nitrogens with two attached hydrogens (primary N) is 1.